The standard InChI is InChI=1S/C16H24ClNO3S/c1-12-3-4-15(17)16(9-12)21-11-14(19)10-18(2)13-5-7-22(20)8-6-13/h3-4,9,13-14,19H,5-8,10-11H2,1-2H3/t13?,14-,22?/m1/s1. The molecule has 1 aliphatic rings. The molecule has 0 bridgehead atoms. The lowest BCUT2D eigenvalue weighted by Crippen LogP contribution is -2.42. The number of aliphatic hydroxyl groups excluding tert-OH is 1. The molecule has 1 heterocycles. The minimum atomic E-state index is -0.652. The minimum absolute atomic E-state index is 0.214. The summed E-state index contributed by atoms with van der Waals surface area (Å²) < 4.78 is 17.0. The van der Waals surface area contributed by atoms with E-state index < -0.39 is 16.9 Å². The minimum Gasteiger partial charge on any atom is -0.489 e. The summed E-state index contributed by atoms with van der Waals surface area (Å²) in [5, 5.41) is 10.7. The third-order valence-electron chi connectivity index (χ3n) is 4.00. The first-order chi connectivity index (χ1) is 10.5. The molecule has 0 amide bonds. The van der Waals surface area contributed by atoms with Crippen LogP contribution in [0.3, 0.4) is 0 Å². The van der Waals surface area contributed by atoms with Crippen molar-refractivity contribution in [2.75, 3.05) is 31.7 Å². The predicted molar refractivity (Wildman–Crippen MR) is 91.2 cm³/mol. The van der Waals surface area contributed by atoms with Gasteiger partial charge in [-0.3, -0.25) is 4.21 Å². The van der Waals surface area contributed by atoms with Crippen LogP contribution in [0.5, 0.6) is 5.75 Å². The first kappa shape index (κ1) is 17.7. The number of ether oxygens (including phenoxy) is 1. The monoisotopic (exact) mass is 345 g/mol. The predicted octanol–water partition coefficient (Wildman–Crippen LogP) is 2.23. The van der Waals surface area contributed by atoms with E-state index in [9.17, 15) is 9.32 Å². The highest BCUT2D eigenvalue weighted by Crippen LogP contribution is 2.25. The number of aryl methyl sites for hydroxylation is 1. The van der Waals surface area contributed by atoms with Crippen molar-refractivity contribution in [2.24, 2.45) is 0 Å². The SMILES string of the molecule is Cc1ccc(Cl)c(OC[C@H](O)CN(C)C2CCS(=O)CC2)c1. The Bertz CT molecular complexity index is 516. The zero-order chi connectivity index (χ0) is 16.1. The average molecular weight is 346 g/mol. The number of hydrogen-bond donors (Lipinski definition) is 1. The second-order valence-electron chi connectivity index (χ2n) is 5.92. The van der Waals surface area contributed by atoms with E-state index in [1.54, 1.807) is 6.07 Å². The molecule has 6 heteroatoms. The fourth-order valence-corrected chi connectivity index (χ4v) is 4.11. The van der Waals surface area contributed by atoms with Gasteiger partial charge in [-0.25, -0.2) is 0 Å². The molecule has 1 aliphatic heterocycles. The van der Waals surface area contributed by atoms with Crippen molar-refractivity contribution in [3.8, 4) is 5.75 Å². The van der Waals surface area contributed by atoms with Gasteiger partial charge in [-0.1, -0.05) is 17.7 Å². The molecule has 1 aromatic rings. The van der Waals surface area contributed by atoms with E-state index in [2.05, 4.69) is 4.90 Å². The van der Waals surface area contributed by atoms with Gasteiger partial charge in [-0.15, -0.1) is 0 Å². The highest BCUT2D eigenvalue weighted by Gasteiger charge is 2.23. The highest BCUT2D eigenvalue weighted by atomic mass is 35.5. The van der Waals surface area contributed by atoms with E-state index in [0.717, 1.165) is 29.9 Å². The molecule has 1 fully saturated rings. The molecule has 4 nitrogen and oxygen atoms in total. The molecule has 0 aromatic heterocycles. The summed E-state index contributed by atoms with van der Waals surface area (Å²) in [6, 6.07) is 5.99. The van der Waals surface area contributed by atoms with Crippen LogP contribution in [0.4, 0.5) is 0 Å². The van der Waals surface area contributed by atoms with E-state index in [1.807, 2.05) is 26.1 Å². The third-order valence-corrected chi connectivity index (χ3v) is 5.69. The Balaban J connectivity index is 1.78. The van der Waals surface area contributed by atoms with Crippen molar-refractivity contribution >= 4 is 22.4 Å². The smallest absolute Gasteiger partial charge is 0.138 e. The molecule has 0 radical (unpaired) electrons. The number of rotatable bonds is 6. The molecule has 1 saturated heterocycles. The summed E-state index contributed by atoms with van der Waals surface area (Å²) in [7, 11) is 1.35. The van der Waals surface area contributed by atoms with Gasteiger partial charge in [-0.05, 0) is 44.5 Å². The van der Waals surface area contributed by atoms with E-state index in [4.69, 9.17) is 16.3 Å². The molecular weight excluding hydrogens is 322 g/mol. The van der Waals surface area contributed by atoms with Crippen molar-refractivity contribution in [3.05, 3.63) is 28.8 Å². The van der Waals surface area contributed by atoms with Gasteiger partial charge < -0.3 is 14.7 Å². The summed E-state index contributed by atoms with van der Waals surface area (Å²) >= 11 is 6.07. The van der Waals surface area contributed by atoms with Crippen molar-refractivity contribution < 1.29 is 14.1 Å². The zero-order valence-electron chi connectivity index (χ0n) is 13.1. The molecule has 22 heavy (non-hydrogen) atoms. The summed E-state index contributed by atoms with van der Waals surface area (Å²) in [5.41, 5.74) is 1.07. The second-order valence-corrected chi connectivity index (χ2v) is 8.02. The van der Waals surface area contributed by atoms with Crippen LogP contribution in [0, 0.1) is 6.92 Å². The van der Waals surface area contributed by atoms with Gasteiger partial charge in [0.15, 0.2) is 0 Å². The van der Waals surface area contributed by atoms with Gasteiger partial charge in [0.1, 0.15) is 18.5 Å². The number of aliphatic hydroxyl groups is 1. The van der Waals surface area contributed by atoms with Crippen molar-refractivity contribution in [1.82, 2.24) is 4.90 Å². The van der Waals surface area contributed by atoms with Gasteiger partial charge in [0, 0.05) is 34.9 Å². The molecule has 0 aliphatic carbocycles. The Morgan fingerprint density at radius 2 is 2.14 bits per heavy atom. The molecule has 124 valence electrons. The largest absolute Gasteiger partial charge is 0.489 e. The van der Waals surface area contributed by atoms with Gasteiger partial charge in [0.25, 0.3) is 0 Å². The first-order valence-electron chi connectivity index (χ1n) is 7.58. The maximum absolute atomic E-state index is 11.4. The van der Waals surface area contributed by atoms with Crippen molar-refractivity contribution in [3.63, 3.8) is 0 Å². The first-order valence-corrected chi connectivity index (χ1v) is 9.44. The molecule has 1 aromatic carbocycles. The second kappa shape index (κ2) is 8.29. The Kier molecular flexibility index (Phi) is 6.68. The fourth-order valence-electron chi connectivity index (χ4n) is 2.66. The maximum atomic E-state index is 11.4. The van der Waals surface area contributed by atoms with E-state index in [-0.39, 0.29) is 6.61 Å². The number of nitrogens with zero attached hydrogens (tertiary/aromatic N) is 1. The molecule has 2 rings (SSSR count). The quantitative estimate of drug-likeness (QED) is 0.859. The van der Waals surface area contributed by atoms with E-state index >= 15 is 0 Å². The van der Waals surface area contributed by atoms with Crippen LogP contribution in [0.25, 0.3) is 0 Å². The average Bonchev–Trinajstić information content (AvgIpc) is 2.49. The Hall–Kier alpha value is -0.620. The number of benzene rings is 1. The van der Waals surface area contributed by atoms with Crippen molar-refractivity contribution in [1.29, 1.82) is 0 Å². The summed E-state index contributed by atoms with van der Waals surface area (Å²) in [6.45, 7) is 2.73. The Morgan fingerprint density at radius 1 is 1.45 bits per heavy atom. The van der Waals surface area contributed by atoms with E-state index in [1.165, 1.54) is 0 Å². The van der Waals surface area contributed by atoms with Crippen LogP contribution in [-0.4, -0.2) is 58.1 Å². The number of hydrogen-bond acceptors (Lipinski definition) is 4. The van der Waals surface area contributed by atoms with Crippen LogP contribution in [-0.2, 0) is 10.8 Å². The summed E-state index contributed by atoms with van der Waals surface area (Å²) in [6.07, 6.45) is 1.29. The summed E-state index contributed by atoms with van der Waals surface area (Å²) in [5.74, 6) is 2.14. The number of halogens is 1. The van der Waals surface area contributed by atoms with Gasteiger partial charge in [0.05, 0.1) is 5.02 Å². The Labute approximate surface area is 139 Å². The zero-order valence-corrected chi connectivity index (χ0v) is 14.7. The van der Waals surface area contributed by atoms with Crippen LogP contribution in [0.15, 0.2) is 18.2 Å². The topological polar surface area (TPSA) is 49.8 Å². The lowest BCUT2D eigenvalue weighted by atomic mass is 10.1. The number of likely N-dealkylation sites (N-methyl/N-ethyl adjacent to an activating group) is 1. The van der Waals surface area contributed by atoms with Crippen LogP contribution in [0.2, 0.25) is 5.02 Å². The molecule has 0 unspecified atom stereocenters. The van der Waals surface area contributed by atoms with Crippen LogP contribution >= 0.6 is 11.6 Å². The molecule has 0 saturated carbocycles. The molecular formula is C16H24ClNO3S. The lowest BCUT2D eigenvalue weighted by molar-refractivity contribution is 0.0614. The lowest BCUT2D eigenvalue weighted by Gasteiger charge is -2.32. The molecule has 0 spiro atoms. The Morgan fingerprint density at radius 3 is 2.82 bits per heavy atom. The maximum Gasteiger partial charge on any atom is 0.138 e. The van der Waals surface area contributed by atoms with Gasteiger partial charge in [-0.2, -0.15) is 0 Å². The molecule has 1 atom stereocenters. The van der Waals surface area contributed by atoms with E-state index in [0.29, 0.717) is 23.4 Å². The van der Waals surface area contributed by atoms with Crippen molar-refractivity contribution in [2.45, 2.75) is 31.9 Å². The highest BCUT2D eigenvalue weighted by molar-refractivity contribution is 7.85. The summed E-state index contributed by atoms with van der Waals surface area (Å²) in [4.78, 5) is 2.14. The fraction of sp³-hybridized carbons (Fsp3) is 0.625. The van der Waals surface area contributed by atoms with Crippen LogP contribution in [0.1, 0.15) is 18.4 Å². The molecule has 1 N–H and O–H groups in total. The van der Waals surface area contributed by atoms with Gasteiger partial charge in [0.2, 0.25) is 0 Å². The van der Waals surface area contributed by atoms with Crippen LogP contribution < -0.4 is 4.74 Å². The third kappa shape index (κ3) is 5.23. The van der Waals surface area contributed by atoms with Gasteiger partial charge >= 0.3 is 0 Å². The normalized spacial score (nSPS) is 23.5.